The molecule has 0 aromatic heterocycles. The quantitative estimate of drug-likeness (QED) is 0.840. The summed E-state index contributed by atoms with van der Waals surface area (Å²) in [6, 6.07) is 13.0. The summed E-state index contributed by atoms with van der Waals surface area (Å²) in [7, 11) is 0. The molecule has 0 bridgehead atoms. The van der Waals surface area contributed by atoms with Gasteiger partial charge in [0.25, 0.3) is 5.91 Å². The predicted molar refractivity (Wildman–Crippen MR) is 79.8 cm³/mol. The average Bonchev–Trinajstić information content (AvgIpc) is 2.45. The maximum absolute atomic E-state index is 12.7. The van der Waals surface area contributed by atoms with Gasteiger partial charge in [-0.05, 0) is 42.5 Å². The Bertz CT molecular complexity index is 671. The van der Waals surface area contributed by atoms with Crippen LogP contribution in [0.1, 0.15) is 15.9 Å². The Hall–Kier alpha value is -2.12. The maximum atomic E-state index is 12.7. The largest absolute Gasteiger partial charge is 0.341 e. The van der Waals surface area contributed by atoms with Gasteiger partial charge in [-0.3, -0.25) is 4.79 Å². The Balaban J connectivity index is 1.90. The minimum Gasteiger partial charge on any atom is -0.341 e. The molecular formula is C16H11BrFNO. The zero-order valence-electron chi connectivity index (χ0n) is 10.5. The first-order chi connectivity index (χ1) is 9.65. The van der Waals surface area contributed by atoms with Crippen LogP contribution >= 0.6 is 15.9 Å². The van der Waals surface area contributed by atoms with E-state index >= 15 is 0 Å². The third kappa shape index (κ3) is 4.22. The Morgan fingerprint density at radius 1 is 1.20 bits per heavy atom. The molecule has 0 saturated heterocycles. The van der Waals surface area contributed by atoms with Crippen LogP contribution in [0.5, 0.6) is 0 Å². The van der Waals surface area contributed by atoms with E-state index in [4.69, 9.17) is 0 Å². The Morgan fingerprint density at radius 3 is 2.65 bits per heavy atom. The highest BCUT2D eigenvalue weighted by Crippen LogP contribution is 2.11. The van der Waals surface area contributed by atoms with Gasteiger partial charge in [-0.2, -0.15) is 0 Å². The Morgan fingerprint density at radius 2 is 1.95 bits per heavy atom. The van der Waals surface area contributed by atoms with Gasteiger partial charge in [0.1, 0.15) is 5.82 Å². The number of amides is 1. The fourth-order valence-corrected chi connectivity index (χ4v) is 1.93. The van der Waals surface area contributed by atoms with Crippen molar-refractivity contribution >= 4 is 21.8 Å². The number of benzene rings is 2. The van der Waals surface area contributed by atoms with E-state index in [-0.39, 0.29) is 18.3 Å². The van der Waals surface area contributed by atoms with Crippen molar-refractivity contribution < 1.29 is 9.18 Å². The molecule has 0 radical (unpaired) electrons. The van der Waals surface area contributed by atoms with Gasteiger partial charge in [-0.1, -0.05) is 33.8 Å². The van der Waals surface area contributed by atoms with Crippen LogP contribution in [0.15, 0.2) is 53.0 Å². The minimum absolute atomic E-state index is 0.181. The van der Waals surface area contributed by atoms with Crippen LogP contribution in [0, 0.1) is 17.7 Å². The lowest BCUT2D eigenvalue weighted by molar-refractivity contribution is 0.0958. The fourth-order valence-electron chi connectivity index (χ4n) is 1.54. The number of hydrogen-bond donors (Lipinski definition) is 1. The minimum atomic E-state index is -0.293. The molecule has 2 nitrogen and oxygen atoms in total. The van der Waals surface area contributed by atoms with Crippen LogP contribution in [-0.2, 0) is 0 Å². The Labute approximate surface area is 125 Å². The first-order valence-electron chi connectivity index (χ1n) is 5.93. The second-order valence-corrected chi connectivity index (χ2v) is 4.92. The van der Waals surface area contributed by atoms with E-state index in [1.807, 2.05) is 6.07 Å². The second kappa shape index (κ2) is 6.88. The molecule has 0 unspecified atom stereocenters. The highest BCUT2D eigenvalue weighted by atomic mass is 79.9. The van der Waals surface area contributed by atoms with E-state index in [0.29, 0.717) is 11.1 Å². The van der Waals surface area contributed by atoms with Crippen molar-refractivity contribution in [3.8, 4) is 11.8 Å². The molecule has 0 atom stereocenters. The van der Waals surface area contributed by atoms with E-state index in [1.54, 1.807) is 30.3 Å². The molecule has 0 saturated carbocycles. The zero-order chi connectivity index (χ0) is 14.4. The molecule has 0 heterocycles. The van der Waals surface area contributed by atoms with Gasteiger partial charge < -0.3 is 5.32 Å². The molecular weight excluding hydrogens is 321 g/mol. The first kappa shape index (κ1) is 14.3. The van der Waals surface area contributed by atoms with Crippen LogP contribution in [0.25, 0.3) is 0 Å². The topological polar surface area (TPSA) is 29.1 Å². The summed E-state index contributed by atoms with van der Waals surface area (Å²) >= 11 is 3.31. The van der Waals surface area contributed by atoms with Gasteiger partial charge >= 0.3 is 0 Å². The summed E-state index contributed by atoms with van der Waals surface area (Å²) in [5.74, 6) is 5.20. The first-order valence-corrected chi connectivity index (χ1v) is 6.72. The molecule has 4 heteroatoms. The lowest BCUT2D eigenvalue weighted by Crippen LogP contribution is -2.23. The van der Waals surface area contributed by atoms with Crippen molar-refractivity contribution in [3.05, 3.63) is 69.9 Å². The number of rotatable bonds is 2. The maximum Gasteiger partial charge on any atom is 0.252 e. The standard InChI is InChI=1S/C16H11BrFNO/c17-14-5-1-4-13(11-14)16(20)19-10-2-3-12-6-8-15(18)9-7-12/h1,4-9,11H,10H2,(H,19,20). The van der Waals surface area contributed by atoms with Crippen LogP contribution in [0.4, 0.5) is 4.39 Å². The molecule has 100 valence electrons. The van der Waals surface area contributed by atoms with Gasteiger partial charge in [-0.25, -0.2) is 4.39 Å². The van der Waals surface area contributed by atoms with Crippen molar-refractivity contribution in [2.45, 2.75) is 0 Å². The monoisotopic (exact) mass is 331 g/mol. The molecule has 0 aliphatic heterocycles. The van der Waals surface area contributed by atoms with Crippen molar-refractivity contribution in [1.29, 1.82) is 0 Å². The van der Waals surface area contributed by atoms with Crippen LogP contribution in [0.3, 0.4) is 0 Å². The van der Waals surface area contributed by atoms with Crippen molar-refractivity contribution in [2.24, 2.45) is 0 Å². The summed E-state index contributed by atoms with van der Waals surface area (Å²) < 4.78 is 13.5. The number of halogens is 2. The van der Waals surface area contributed by atoms with Crippen LogP contribution < -0.4 is 5.32 Å². The van der Waals surface area contributed by atoms with Gasteiger partial charge in [0.15, 0.2) is 0 Å². The molecule has 20 heavy (non-hydrogen) atoms. The van der Waals surface area contributed by atoms with Gasteiger partial charge in [0.2, 0.25) is 0 Å². The summed E-state index contributed by atoms with van der Waals surface area (Å²) in [5, 5.41) is 2.70. The third-order valence-corrected chi connectivity index (χ3v) is 2.99. The van der Waals surface area contributed by atoms with E-state index in [0.717, 1.165) is 4.47 Å². The predicted octanol–water partition coefficient (Wildman–Crippen LogP) is 3.37. The van der Waals surface area contributed by atoms with Crippen molar-refractivity contribution in [3.63, 3.8) is 0 Å². The molecule has 2 aromatic rings. The molecule has 2 rings (SSSR count). The fraction of sp³-hybridized carbons (Fsp3) is 0.0625. The van der Waals surface area contributed by atoms with E-state index in [9.17, 15) is 9.18 Å². The molecule has 0 aliphatic carbocycles. The number of carbonyl (C=O) groups excluding carboxylic acids is 1. The van der Waals surface area contributed by atoms with Gasteiger partial charge in [-0.15, -0.1) is 0 Å². The molecule has 0 spiro atoms. The Kier molecular flexibility index (Phi) is 4.91. The van der Waals surface area contributed by atoms with Crippen LogP contribution in [0.2, 0.25) is 0 Å². The smallest absolute Gasteiger partial charge is 0.252 e. The van der Waals surface area contributed by atoms with Crippen molar-refractivity contribution in [2.75, 3.05) is 6.54 Å². The van der Waals surface area contributed by atoms with Gasteiger partial charge in [0, 0.05) is 15.6 Å². The van der Waals surface area contributed by atoms with Crippen molar-refractivity contribution in [1.82, 2.24) is 5.32 Å². The molecule has 1 amide bonds. The zero-order valence-corrected chi connectivity index (χ0v) is 12.1. The molecule has 0 fully saturated rings. The molecule has 2 aromatic carbocycles. The summed E-state index contributed by atoms with van der Waals surface area (Å²) in [5.41, 5.74) is 1.28. The highest BCUT2D eigenvalue weighted by Gasteiger charge is 2.03. The summed E-state index contributed by atoms with van der Waals surface area (Å²) in [4.78, 5) is 11.8. The number of carbonyl (C=O) groups is 1. The van der Waals surface area contributed by atoms with E-state index < -0.39 is 0 Å². The SMILES string of the molecule is O=C(NCC#Cc1ccc(F)cc1)c1cccc(Br)c1. The average molecular weight is 332 g/mol. The molecule has 0 aliphatic rings. The highest BCUT2D eigenvalue weighted by molar-refractivity contribution is 9.10. The number of hydrogen-bond acceptors (Lipinski definition) is 1. The van der Waals surface area contributed by atoms with E-state index in [2.05, 4.69) is 33.1 Å². The normalized spacial score (nSPS) is 9.50. The van der Waals surface area contributed by atoms with Crippen LogP contribution in [-0.4, -0.2) is 12.5 Å². The van der Waals surface area contributed by atoms with E-state index in [1.165, 1.54) is 12.1 Å². The number of nitrogens with one attached hydrogen (secondary N) is 1. The second-order valence-electron chi connectivity index (χ2n) is 4.00. The molecule has 1 N–H and O–H groups in total. The lowest BCUT2D eigenvalue weighted by atomic mass is 10.2. The lowest BCUT2D eigenvalue weighted by Gasteiger charge is -2.01. The van der Waals surface area contributed by atoms with Gasteiger partial charge in [0.05, 0.1) is 6.54 Å². The third-order valence-electron chi connectivity index (χ3n) is 2.50. The summed E-state index contributed by atoms with van der Waals surface area (Å²) in [6.45, 7) is 0.239. The summed E-state index contributed by atoms with van der Waals surface area (Å²) in [6.07, 6.45) is 0.